The van der Waals surface area contributed by atoms with E-state index in [4.69, 9.17) is 4.42 Å². The zero-order chi connectivity index (χ0) is 14.4. The lowest BCUT2D eigenvalue weighted by molar-refractivity contribution is -0.119. The fourth-order valence-corrected chi connectivity index (χ4v) is 3.37. The number of amides is 1. The Morgan fingerprint density at radius 2 is 1.90 bits per heavy atom. The van der Waals surface area contributed by atoms with Crippen molar-refractivity contribution < 1.29 is 14.0 Å². The summed E-state index contributed by atoms with van der Waals surface area (Å²) in [5, 5.41) is 0. The monoisotopic (exact) mass is 281 g/mol. The van der Waals surface area contributed by atoms with E-state index in [1.54, 1.807) is 6.07 Å². The predicted molar refractivity (Wildman–Crippen MR) is 78.5 cm³/mol. The van der Waals surface area contributed by atoms with Crippen LogP contribution in [0.4, 0.5) is 5.69 Å². The van der Waals surface area contributed by atoms with E-state index in [9.17, 15) is 9.59 Å². The second-order valence-corrected chi connectivity index (χ2v) is 5.61. The minimum absolute atomic E-state index is 0.234. The molecule has 1 aromatic carbocycles. The number of nitrogens with zero attached hydrogens (tertiary/aromatic N) is 1. The standard InChI is InChI=1S/C17H15NO3/c19-10-14-4-5-15(21-14)13-8-11-2-1-7-18-16(20)6-3-12(9-13)17(11)18/h4-5,8-10H,1-3,6-7H2. The Hall–Kier alpha value is -2.36. The van der Waals surface area contributed by atoms with Crippen LogP contribution < -0.4 is 4.90 Å². The van der Waals surface area contributed by atoms with Crippen LogP contribution in [0.2, 0.25) is 0 Å². The Labute approximate surface area is 122 Å². The van der Waals surface area contributed by atoms with Crippen LogP contribution in [0.15, 0.2) is 28.7 Å². The molecule has 106 valence electrons. The molecule has 0 N–H and O–H groups in total. The molecule has 0 fully saturated rings. The number of aryl methyl sites for hydroxylation is 2. The summed E-state index contributed by atoms with van der Waals surface area (Å²) in [6.07, 6.45) is 4.06. The molecule has 0 aliphatic carbocycles. The number of anilines is 1. The topological polar surface area (TPSA) is 50.5 Å². The van der Waals surface area contributed by atoms with Gasteiger partial charge in [-0.25, -0.2) is 0 Å². The molecule has 3 heterocycles. The second kappa shape index (κ2) is 4.58. The van der Waals surface area contributed by atoms with Crippen LogP contribution in [0.5, 0.6) is 0 Å². The van der Waals surface area contributed by atoms with Crippen LogP contribution in [0, 0.1) is 0 Å². The summed E-state index contributed by atoms with van der Waals surface area (Å²) in [4.78, 5) is 24.7. The van der Waals surface area contributed by atoms with Crippen molar-refractivity contribution in [3.63, 3.8) is 0 Å². The summed E-state index contributed by atoms with van der Waals surface area (Å²) in [5.74, 6) is 1.29. The van der Waals surface area contributed by atoms with Crippen molar-refractivity contribution in [3.8, 4) is 11.3 Å². The number of rotatable bonds is 2. The minimum Gasteiger partial charge on any atom is -0.453 e. The van der Waals surface area contributed by atoms with Gasteiger partial charge in [-0.05, 0) is 54.7 Å². The SMILES string of the molecule is O=Cc1ccc(-c2cc3c4c(c2)CCC(=O)N4CCC3)o1. The Morgan fingerprint density at radius 1 is 1.10 bits per heavy atom. The van der Waals surface area contributed by atoms with Gasteiger partial charge in [0.05, 0.1) is 5.69 Å². The van der Waals surface area contributed by atoms with E-state index >= 15 is 0 Å². The van der Waals surface area contributed by atoms with E-state index in [1.165, 1.54) is 11.1 Å². The molecule has 21 heavy (non-hydrogen) atoms. The average molecular weight is 281 g/mol. The van der Waals surface area contributed by atoms with E-state index in [0.717, 1.165) is 37.1 Å². The largest absolute Gasteiger partial charge is 0.453 e. The van der Waals surface area contributed by atoms with Crippen molar-refractivity contribution in [2.75, 3.05) is 11.4 Å². The molecule has 0 saturated carbocycles. The number of carbonyl (C=O) groups excluding carboxylic acids is 2. The second-order valence-electron chi connectivity index (χ2n) is 5.61. The molecule has 0 radical (unpaired) electrons. The molecule has 2 aliphatic heterocycles. The van der Waals surface area contributed by atoms with Crippen LogP contribution in [-0.4, -0.2) is 18.7 Å². The molecule has 1 aromatic heterocycles. The van der Waals surface area contributed by atoms with Crippen molar-refractivity contribution in [1.82, 2.24) is 0 Å². The van der Waals surface area contributed by atoms with Gasteiger partial charge in [-0.3, -0.25) is 9.59 Å². The van der Waals surface area contributed by atoms with E-state index < -0.39 is 0 Å². The molecule has 2 aliphatic rings. The Kier molecular flexibility index (Phi) is 2.70. The number of hydrogen-bond donors (Lipinski definition) is 0. The number of carbonyl (C=O) groups is 2. The molecule has 0 atom stereocenters. The minimum atomic E-state index is 0.234. The molecular formula is C17H15NO3. The van der Waals surface area contributed by atoms with Gasteiger partial charge in [0.15, 0.2) is 12.0 Å². The van der Waals surface area contributed by atoms with Crippen molar-refractivity contribution >= 4 is 17.9 Å². The smallest absolute Gasteiger partial charge is 0.227 e. The molecule has 0 bridgehead atoms. The molecule has 4 heteroatoms. The third kappa shape index (κ3) is 1.90. The first-order valence-corrected chi connectivity index (χ1v) is 7.28. The third-order valence-corrected chi connectivity index (χ3v) is 4.30. The van der Waals surface area contributed by atoms with Crippen LogP contribution in [0.1, 0.15) is 34.5 Å². The normalized spacial score (nSPS) is 16.8. The first kappa shape index (κ1) is 12.4. The Bertz CT molecular complexity index is 727. The van der Waals surface area contributed by atoms with Gasteiger partial charge in [0.2, 0.25) is 5.91 Å². The number of hydrogen-bond acceptors (Lipinski definition) is 3. The van der Waals surface area contributed by atoms with Gasteiger partial charge in [0, 0.05) is 18.5 Å². The van der Waals surface area contributed by atoms with E-state index in [0.29, 0.717) is 24.2 Å². The first-order valence-electron chi connectivity index (χ1n) is 7.28. The van der Waals surface area contributed by atoms with Gasteiger partial charge in [-0.1, -0.05) is 0 Å². The maximum absolute atomic E-state index is 12.0. The highest BCUT2D eigenvalue weighted by molar-refractivity contribution is 5.98. The average Bonchev–Trinajstić information content (AvgIpc) is 3.00. The number of aldehydes is 1. The number of benzene rings is 1. The van der Waals surface area contributed by atoms with Crippen LogP contribution >= 0.6 is 0 Å². The predicted octanol–water partition coefficient (Wildman–Crippen LogP) is 2.98. The maximum Gasteiger partial charge on any atom is 0.227 e. The summed E-state index contributed by atoms with van der Waals surface area (Å²) in [6.45, 7) is 0.828. The summed E-state index contributed by atoms with van der Waals surface area (Å²) in [6, 6.07) is 7.70. The molecule has 0 spiro atoms. The highest BCUT2D eigenvalue weighted by Crippen LogP contribution is 2.39. The van der Waals surface area contributed by atoms with Gasteiger partial charge >= 0.3 is 0 Å². The van der Waals surface area contributed by atoms with Crippen molar-refractivity contribution in [2.24, 2.45) is 0 Å². The summed E-state index contributed by atoms with van der Waals surface area (Å²) in [5.41, 5.74) is 4.54. The van der Waals surface area contributed by atoms with Crippen molar-refractivity contribution in [3.05, 3.63) is 41.2 Å². The molecule has 0 saturated heterocycles. The molecule has 4 rings (SSSR count). The summed E-state index contributed by atoms with van der Waals surface area (Å²) in [7, 11) is 0. The highest BCUT2D eigenvalue weighted by atomic mass is 16.3. The lowest BCUT2D eigenvalue weighted by Gasteiger charge is -2.35. The molecule has 4 nitrogen and oxygen atoms in total. The first-order chi connectivity index (χ1) is 10.3. The Balaban J connectivity index is 1.85. The van der Waals surface area contributed by atoms with Gasteiger partial charge in [0.25, 0.3) is 0 Å². The van der Waals surface area contributed by atoms with Gasteiger partial charge in [-0.2, -0.15) is 0 Å². The summed E-state index contributed by atoms with van der Waals surface area (Å²) >= 11 is 0. The van der Waals surface area contributed by atoms with Crippen LogP contribution in [0.25, 0.3) is 11.3 Å². The van der Waals surface area contributed by atoms with Gasteiger partial charge < -0.3 is 9.32 Å². The zero-order valence-electron chi connectivity index (χ0n) is 11.6. The van der Waals surface area contributed by atoms with E-state index in [1.807, 2.05) is 11.0 Å². The molecule has 1 amide bonds. The Morgan fingerprint density at radius 3 is 2.67 bits per heavy atom. The zero-order valence-corrected chi connectivity index (χ0v) is 11.6. The van der Waals surface area contributed by atoms with Crippen LogP contribution in [0.3, 0.4) is 0 Å². The fraction of sp³-hybridized carbons (Fsp3) is 0.294. The number of furan rings is 1. The molecular weight excluding hydrogens is 266 g/mol. The lowest BCUT2D eigenvalue weighted by Crippen LogP contribution is -2.39. The lowest BCUT2D eigenvalue weighted by atomic mass is 9.89. The van der Waals surface area contributed by atoms with Crippen LogP contribution in [-0.2, 0) is 17.6 Å². The fourth-order valence-electron chi connectivity index (χ4n) is 3.37. The molecule has 2 aromatic rings. The van der Waals surface area contributed by atoms with E-state index in [-0.39, 0.29) is 5.91 Å². The van der Waals surface area contributed by atoms with Gasteiger partial charge in [-0.15, -0.1) is 0 Å². The third-order valence-electron chi connectivity index (χ3n) is 4.30. The molecule has 0 unspecified atom stereocenters. The van der Waals surface area contributed by atoms with Crippen molar-refractivity contribution in [2.45, 2.75) is 25.7 Å². The quantitative estimate of drug-likeness (QED) is 0.795. The van der Waals surface area contributed by atoms with E-state index in [2.05, 4.69) is 12.1 Å². The summed E-state index contributed by atoms with van der Waals surface area (Å²) < 4.78 is 5.53. The van der Waals surface area contributed by atoms with Crippen molar-refractivity contribution in [1.29, 1.82) is 0 Å². The maximum atomic E-state index is 12.0. The van der Waals surface area contributed by atoms with Gasteiger partial charge in [0.1, 0.15) is 5.76 Å². The highest BCUT2D eigenvalue weighted by Gasteiger charge is 2.29.